The number of rotatable bonds is 3. The molecule has 0 atom stereocenters. The lowest BCUT2D eigenvalue weighted by molar-refractivity contribution is -0.126. The largest absolute Gasteiger partial charge is 0.339 e. The molecular formula is C13H21FN2O. The van der Waals surface area contributed by atoms with Crippen LogP contribution in [0.5, 0.6) is 0 Å². The van der Waals surface area contributed by atoms with Gasteiger partial charge in [0, 0.05) is 38.8 Å². The Labute approximate surface area is 102 Å². The standard InChI is InChI=1S/C13H21FN2O/c14-12-10-15(11-12)7-5-6-13(17)16-8-3-1-2-4-9-16/h5-6,12H,1-4,7-11H2. The van der Waals surface area contributed by atoms with Gasteiger partial charge in [0.25, 0.3) is 0 Å². The first-order valence-electron chi connectivity index (χ1n) is 6.57. The molecule has 2 aliphatic rings. The number of hydrogen-bond donors (Lipinski definition) is 0. The Morgan fingerprint density at radius 1 is 1.18 bits per heavy atom. The van der Waals surface area contributed by atoms with E-state index in [9.17, 15) is 9.18 Å². The molecule has 17 heavy (non-hydrogen) atoms. The molecule has 4 heteroatoms. The van der Waals surface area contributed by atoms with E-state index in [0.29, 0.717) is 19.6 Å². The van der Waals surface area contributed by atoms with Crippen LogP contribution in [0.2, 0.25) is 0 Å². The highest BCUT2D eigenvalue weighted by atomic mass is 19.1. The quantitative estimate of drug-likeness (QED) is 0.700. The molecule has 2 aliphatic heterocycles. The lowest BCUT2D eigenvalue weighted by Crippen LogP contribution is -2.48. The minimum atomic E-state index is -0.662. The van der Waals surface area contributed by atoms with Crippen LogP contribution < -0.4 is 0 Å². The lowest BCUT2D eigenvalue weighted by Gasteiger charge is -2.33. The Hall–Kier alpha value is -0.900. The molecule has 2 fully saturated rings. The zero-order valence-corrected chi connectivity index (χ0v) is 10.3. The van der Waals surface area contributed by atoms with Crippen LogP contribution in [0, 0.1) is 0 Å². The van der Waals surface area contributed by atoms with Gasteiger partial charge in [-0.05, 0) is 12.8 Å². The maximum Gasteiger partial charge on any atom is 0.246 e. The van der Waals surface area contributed by atoms with Gasteiger partial charge in [-0.1, -0.05) is 18.9 Å². The van der Waals surface area contributed by atoms with Crippen molar-refractivity contribution >= 4 is 5.91 Å². The first-order valence-corrected chi connectivity index (χ1v) is 6.57. The van der Waals surface area contributed by atoms with Crippen LogP contribution in [0.1, 0.15) is 25.7 Å². The van der Waals surface area contributed by atoms with Crippen molar-refractivity contribution in [3.63, 3.8) is 0 Å². The van der Waals surface area contributed by atoms with Crippen LogP contribution >= 0.6 is 0 Å². The Balaban J connectivity index is 1.69. The third-order valence-corrected chi connectivity index (χ3v) is 3.45. The summed E-state index contributed by atoms with van der Waals surface area (Å²) in [6.07, 6.45) is 7.56. The summed E-state index contributed by atoms with van der Waals surface area (Å²) in [6.45, 7) is 3.50. The maximum atomic E-state index is 12.5. The molecule has 96 valence electrons. The second kappa shape index (κ2) is 6.15. The van der Waals surface area contributed by atoms with Crippen molar-refractivity contribution in [2.24, 2.45) is 0 Å². The van der Waals surface area contributed by atoms with Gasteiger partial charge in [0.15, 0.2) is 0 Å². The SMILES string of the molecule is O=C(C=CCN1CC(F)C1)N1CCCCCC1. The Morgan fingerprint density at radius 2 is 1.82 bits per heavy atom. The van der Waals surface area contributed by atoms with Gasteiger partial charge in [0.2, 0.25) is 5.91 Å². The van der Waals surface area contributed by atoms with E-state index in [-0.39, 0.29) is 5.91 Å². The maximum absolute atomic E-state index is 12.5. The van der Waals surface area contributed by atoms with E-state index < -0.39 is 6.17 Å². The van der Waals surface area contributed by atoms with E-state index in [4.69, 9.17) is 0 Å². The smallest absolute Gasteiger partial charge is 0.246 e. The average Bonchev–Trinajstić information content (AvgIpc) is 2.55. The highest BCUT2D eigenvalue weighted by Gasteiger charge is 2.24. The van der Waals surface area contributed by atoms with Crippen LogP contribution in [0.25, 0.3) is 0 Å². The minimum absolute atomic E-state index is 0.115. The van der Waals surface area contributed by atoms with Gasteiger partial charge in [-0.15, -0.1) is 0 Å². The molecule has 3 nitrogen and oxygen atoms in total. The number of hydrogen-bond acceptors (Lipinski definition) is 2. The molecule has 0 N–H and O–H groups in total. The lowest BCUT2D eigenvalue weighted by atomic mass is 10.2. The van der Waals surface area contributed by atoms with Crippen LogP contribution in [0.15, 0.2) is 12.2 Å². The van der Waals surface area contributed by atoms with Crippen molar-refractivity contribution in [1.29, 1.82) is 0 Å². The van der Waals surface area contributed by atoms with Gasteiger partial charge >= 0.3 is 0 Å². The van der Waals surface area contributed by atoms with Crippen molar-refractivity contribution in [2.75, 3.05) is 32.7 Å². The molecule has 0 saturated carbocycles. The molecule has 1 amide bonds. The van der Waals surface area contributed by atoms with E-state index >= 15 is 0 Å². The molecule has 0 bridgehead atoms. The van der Waals surface area contributed by atoms with E-state index in [1.54, 1.807) is 6.08 Å². The third-order valence-electron chi connectivity index (χ3n) is 3.45. The molecule has 0 aromatic heterocycles. The van der Waals surface area contributed by atoms with Crippen LogP contribution in [0.4, 0.5) is 4.39 Å². The summed E-state index contributed by atoms with van der Waals surface area (Å²) in [6, 6.07) is 0. The number of nitrogens with zero attached hydrogens (tertiary/aromatic N) is 2. The zero-order valence-electron chi connectivity index (χ0n) is 10.3. The fraction of sp³-hybridized carbons (Fsp3) is 0.769. The van der Waals surface area contributed by atoms with Gasteiger partial charge in [-0.25, -0.2) is 4.39 Å². The molecule has 0 spiro atoms. The van der Waals surface area contributed by atoms with Crippen LogP contribution in [-0.4, -0.2) is 54.6 Å². The minimum Gasteiger partial charge on any atom is -0.339 e. The second-order valence-corrected chi connectivity index (χ2v) is 4.96. The van der Waals surface area contributed by atoms with Crippen LogP contribution in [0.3, 0.4) is 0 Å². The summed E-state index contributed by atoms with van der Waals surface area (Å²) in [5.74, 6) is 0.115. The normalized spacial score (nSPS) is 23.7. The van der Waals surface area contributed by atoms with Crippen molar-refractivity contribution < 1.29 is 9.18 Å². The summed E-state index contributed by atoms with van der Waals surface area (Å²) >= 11 is 0. The number of alkyl halides is 1. The third kappa shape index (κ3) is 3.80. The zero-order chi connectivity index (χ0) is 12.1. The van der Waals surface area contributed by atoms with Crippen molar-refractivity contribution in [2.45, 2.75) is 31.9 Å². The fourth-order valence-electron chi connectivity index (χ4n) is 2.35. The van der Waals surface area contributed by atoms with Gasteiger partial charge in [-0.2, -0.15) is 0 Å². The molecule has 2 heterocycles. The van der Waals surface area contributed by atoms with E-state index in [0.717, 1.165) is 25.9 Å². The van der Waals surface area contributed by atoms with E-state index in [1.807, 2.05) is 15.9 Å². The van der Waals surface area contributed by atoms with Crippen molar-refractivity contribution in [1.82, 2.24) is 9.80 Å². The highest BCUT2D eigenvalue weighted by Crippen LogP contribution is 2.11. The van der Waals surface area contributed by atoms with Gasteiger partial charge < -0.3 is 4.90 Å². The number of halogens is 1. The van der Waals surface area contributed by atoms with Crippen molar-refractivity contribution in [3.8, 4) is 0 Å². The first kappa shape index (κ1) is 12.6. The Bertz CT molecular complexity index is 279. The Morgan fingerprint density at radius 3 is 2.41 bits per heavy atom. The molecular weight excluding hydrogens is 219 g/mol. The Kier molecular flexibility index (Phi) is 4.54. The van der Waals surface area contributed by atoms with Gasteiger partial charge in [0.1, 0.15) is 6.17 Å². The van der Waals surface area contributed by atoms with Crippen LogP contribution in [-0.2, 0) is 4.79 Å². The van der Waals surface area contributed by atoms with Crippen molar-refractivity contribution in [3.05, 3.63) is 12.2 Å². The van der Waals surface area contributed by atoms with Gasteiger partial charge in [0.05, 0.1) is 0 Å². The summed E-state index contributed by atoms with van der Waals surface area (Å²) in [5, 5.41) is 0. The molecule has 2 saturated heterocycles. The molecule has 0 unspecified atom stereocenters. The molecule has 2 rings (SSSR count). The van der Waals surface area contributed by atoms with E-state index in [1.165, 1.54) is 12.8 Å². The average molecular weight is 240 g/mol. The topological polar surface area (TPSA) is 23.6 Å². The fourth-order valence-corrected chi connectivity index (χ4v) is 2.35. The number of likely N-dealkylation sites (tertiary alicyclic amines) is 2. The first-order chi connectivity index (χ1) is 8.25. The summed E-state index contributed by atoms with van der Waals surface area (Å²) < 4.78 is 12.5. The second-order valence-electron chi connectivity index (χ2n) is 4.96. The summed E-state index contributed by atoms with van der Waals surface area (Å²) in [5.41, 5.74) is 0. The van der Waals surface area contributed by atoms with Gasteiger partial charge in [-0.3, -0.25) is 9.69 Å². The predicted octanol–water partition coefficient (Wildman–Crippen LogP) is 1.60. The monoisotopic (exact) mass is 240 g/mol. The van der Waals surface area contributed by atoms with E-state index in [2.05, 4.69) is 0 Å². The molecule has 0 radical (unpaired) electrons. The molecule has 0 aromatic carbocycles. The number of amides is 1. The molecule has 0 aromatic rings. The summed E-state index contributed by atoms with van der Waals surface area (Å²) in [4.78, 5) is 15.8. The highest BCUT2D eigenvalue weighted by molar-refractivity contribution is 5.87. The number of carbonyl (C=O) groups is 1. The predicted molar refractivity (Wildman–Crippen MR) is 65.5 cm³/mol. The number of carbonyl (C=O) groups excluding carboxylic acids is 1. The molecule has 0 aliphatic carbocycles. The summed E-state index contributed by atoms with van der Waals surface area (Å²) in [7, 11) is 0.